The molecule has 0 aliphatic carbocycles. The fourth-order valence-electron chi connectivity index (χ4n) is 1.67. The largest absolute Gasteiger partial charge is 0.463 e. The maximum atomic E-state index is 5.85. The van der Waals surface area contributed by atoms with Gasteiger partial charge in [-0.2, -0.15) is 20.1 Å². The molecule has 0 saturated carbocycles. The Morgan fingerprint density at radius 3 is 2.80 bits per heavy atom. The fraction of sp³-hybridized carbons (Fsp3) is 0.500. The van der Waals surface area contributed by atoms with Crippen molar-refractivity contribution in [3.8, 4) is 6.01 Å². The van der Waals surface area contributed by atoms with Gasteiger partial charge >= 0.3 is 6.01 Å². The van der Waals surface area contributed by atoms with Crippen LogP contribution in [-0.4, -0.2) is 31.3 Å². The second-order valence-corrected chi connectivity index (χ2v) is 4.66. The van der Waals surface area contributed by atoms with Crippen molar-refractivity contribution < 1.29 is 4.74 Å². The van der Waals surface area contributed by atoms with Crippen molar-refractivity contribution in [2.45, 2.75) is 26.8 Å². The molecule has 0 aliphatic rings. The van der Waals surface area contributed by atoms with Crippen molar-refractivity contribution in [2.75, 3.05) is 11.9 Å². The maximum absolute atomic E-state index is 5.85. The van der Waals surface area contributed by atoms with Crippen LogP contribution in [0.4, 0.5) is 5.95 Å². The van der Waals surface area contributed by atoms with Gasteiger partial charge in [0.1, 0.15) is 0 Å². The third kappa shape index (κ3) is 3.80. The minimum atomic E-state index is 0.108. The molecule has 0 amide bonds. The van der Waals surface area contributed by atoms with Gasteiger partial charge in [0, 0.05) is 25.4 Å². The normalized spacial score (nSPS) is 10.6. The predicted octanol–water partition coefficient (Wildman–Crippen LogP) is 1.97. The SMILES string of the molecule is CCCOc1nc(Cl)nc(NCc2cn(C)nc2C)n1. The molecule has 2 aromatic heterocycles. The van der Waals surface area contributed by atoms with E-state index in [9.17, 15) is 0 Å². The Morgan fingerprint density at radius 1 is 1.35 bits per heavy atom. The molecule has 8 heteroatoms. The summed E-state index contributed by atoms with van der Waals surface area (Å²) in [5.74, 6) is 0.388. The molecular formula is C12H17ClN6O. The number of anilines is 1. The third-order valence-corrected chi connectivity index (χ3v) is 2.74. The number of rotatable bonds is 6. The summed E-state index contributed by atoms with van der Waals surface area (Å²) in [7, 11) is 1.88. The Bertz CT molecular complexity index is 585. The van der Waals surface area contributed by atoms with E-state index in [4.69, 9.17) is 16.3 Å². The smallest absolute Gasteiger partial charge is 0.322 e. The van der Waals surface area contributed by atoms with Crippen LogP contribution >= 0.6 is 11.6 Å². The monoisotopic (exact) mass is 296 g/mol. The predicted molar refractivity (Wildman–Crippen MR) is 75.9 cm³/mol. The molecule has 0 bridgehead atoms. The minimum Gasteiger partial charge on any atom is -0.463 e. The van der Waals surface area contributed by atoms with Gasteiger partial charge in [-0.3, -0.25) is 4.68 Å². The van der Waals surface area contributed by atoms with Crippen LogP contribution in [0.5, 0.6) is 6.01 Å². The van der Waals surface area contributed by atoms with Gasteiger partial charge < -0.3 is 10.1 Å². The van der Waals surface area contributed by atoms with Crippen molar-refractivity contribution >= 4 is 17.5 Å². The molecule has 0 aromatic carbocycles. The number of ether oxygens (including phenoxy) is 1. The Kier molecular flexibility index (Phi) is 4.73. The number of nitrogens with zero attached hydrogens (tertiary/aromatic N) is 5. The summed E-state index contributed by atoms with van der Waals surface area (Å²) in [6.45, 7) is 5.06. The average molecular weight is 297 g/mol. The maximum Gasteiger partial charge on any atom is 0.322 e. The van der Waals surface area contributed by atoms with Gasteiger partial charge in [0.15, 0.2) is 0 Å². The van der Waals surface area contributed by atoms with E-state index >= 15 is 0 Å². The van der Waals surface area contributed by atoms with Gasteiger partial charge in [-0.15, -0.1) is 0 Å². The van der Waals surface area contributed by atoms with E-state index in [1.807, 2.05) is 27.1 Å². The lowest BCUT2D eigenvalue weighted by Gasteiger charge is -2.06. The molecule has 0 aliphatic heterocycles. The number of halogens is 1. The van der Waals surface area contributed by atoms with Crippen LogP contribution in [-0.2, 0) is 13.6 Å². The highest BCUT2D eigenvalue weighted by Gasteiger charge is 2.08. The molecular weight excluding hydrogens is 280 g/mol. The molecule has 1 N–H and O–H groups in total. The lowest BCUT2D eigenvalue weighted by molar-refractivity contribution is 0.291. The minimum absolute atomic E-state index is 0.108. The molecule has 2 rings (SSSR count). The van der Waals surface area contributed by atoms with E-state index in [1.165, 1.54) is 0 Å². The van der Waals surface area contributed by atoms with E-state index in [2.05, 4.69) is 25.4 Å². The van der Waals surface area contributed by atoms with Crippen molar-refractivity contribution in [3.05, 3.63) is 22.7 Å². The van der Waals surface area contributed by atoms with Crippen LogP contribution in [0.25, 0.3) is 0 Å². The molecule has 0 spiro atoms. The summed E-state index contributed by atoms with van der Waals surface area (Å²) in [6, 6.07) is 0.234. The Hall–Kier alpha value is -1.89. The number of hydrogen-bond donors (Lipinski definition) is 1. The van der Waals surface area contributed by atoms with Crippen LogP contribution in [0, 0.1) is 6.92 Å². The van der Waals surface area contributed by atoms with E-state index in [-0.39, 0.29) is 11.3 Å². The summed E-state index contributed by atoms with van der Waals surface area (Å²) in [4.78, 5) is 12.1. The Labute approximate surface area is 122 Å². The molecule has 7 nitrogen and oxygen atoms in total. The highest BCUT2D eigenvalue weighted by Crippen LogP contribution is 2.13. The van der Waals surface area contributed by atoms with Crippen LogP contribution in [0.3, 0.4) is 0 Å². The highest BCUT2D eigenvalue weighted by molar-refractivity contribution is 6.28. The van der Waals surface area contributed by atoms with E-state index in [0.717, 1.165) is 17.7 Å². The fourth-order valence-corrected chi connectivity index (χ4v) is 1.82. The molecule has 20 heavy (non-hydrogen) atoms. The third-order valence-electron chi connectivity index (χ3n) is 2.57. The van der Waals surface area contributed by atoms with E-state index < -0.39 is 0 Å². The lowest BCUT2D eigenvalue weighted by Crippen LogP contribution is -2.08. The van der Waals surface area contributed by atoms with E-state index in [0.29, 0.717) is 19.1 Å². The van der Waals surface area contributed by atoms with Gasteiger partial charge in [-0.25, -0.2) is 0 Å². The lowest BCUT2D eigenvalue weighted by atomic mass is 10.3. The van der Waals surface area contributed by atoms with Gasteiger partial charge in [-0.05, 0) is 24.9 Å². The van der Waals surface area contributed by atoms with Crippen LogP contribution in [0.15, 0.2) is 6.20 Å². The van der Waals surface area contributed by atoms with Crippen molar-refractivity contribution in [2.24, 2.45) is 7.05 Å². The standard InChI is InChI=1S/C12H17ClN6O/c1-4-5-20-12-16-10(13)15-11(17-12)14-6-9-7-19(3)18-8(9)2/h7H,4-6H2,1-3H3,(H,14,15,16,17). The van der Waals surface area contributed by atoms with Crippen LogP contribution in [0.1, 0.15) is 24.6 Å². The summed E-state index contributed by atoms with van der Waals surface area (Å²) < 4.78 is 7.12. The first-order valence-electron chi connectivity index (χ1n) is 6.36. The first-order chi connectivity index (χ1) is 9.58. The average Bonchev–Trinajstić information content (AvgIpc) is 2.72. The molecule has 108 valence electrons. The van der Waals surface area contributed by atoms with E-state index in [1.54, 1.807) is 4.68 Å². The number of nitrogens with one attached hydrogen (secondary N) is 1. The van der Waals surface area contributed by atoms with Gasteiger partial charge in [0.2, 0.25) is 11.2 Å². The molecule has 0 radical (unpaired) electrons. The first kappa shape index (κ1) is 14.5. The van der Waals surface area contributed by atoms with Crippen LogP contribution < -0.4 is 10.1 Å². The quantitative estimate of drug-likeness (QED) is 0.878. The second kappa shape index (κ2) is 6.51. The van der Waals surface area contributed by atoms with Crippen molar-refractivity contribution in [1.29, 1.82) is 0 Å². The highest BCUT2D eigenvalue weighted by atomic mass is 35.5. The molecule has 2 aromatic rings. The Morgan fingerprint density at radius 2 is 2.15 bits per heavy atom. The molecule has 0 atom stereocenters. The van der Waals surface area contributed by atoms with Gasteiger partial charge in [-0.1, -0.05) is 6.92 Å². The first-order valence-corrected chi connectivity index (χ1v) is 6.73. The van der Waals surface area contributed by atoms with Crippen LogP contribution in [0.2, 0.25) is 5.28 Å². The summed E-state index contributed by atoms with van der Waals surface area (Å²) in [6.07, 6.45) is 2.82. The van der Waals surface area contributed by atoms with Crippen molar-refractivity contribution in [3.63, 3.8) is 0 Å². The zero-order valence-electron chi connectivity index (χ0n) is 11.7. The number of hydrogen-bond acceptors (Lipinski definition) is 6. The summed E-state index contributed by atoms with van der Waals surface area (Å²) in [5.41, 5.74) is 2.03. The zero-order chi connectivity index (χ0) is 14.5. The summed E-state index contributed by atoms with van der Waals surface area (Å²) in [5, 5.41) is 7.47. The molecule has 0 fully saturated rings. The number of aromatic nitrogens is 5. The number of aryl methyl sites for hydroxylation is 2. The Balaban J connectivity index is 2.05. The molecule has 2 heterocycles. The molecule has 0 saturated heterocycles. The second-order valence-electron chi connectivity index (χ2n) is 4.33. The van der Waals surface area contributed by atoms with Gasteiger partial charge in [0.05, 0.1) is 12.3 Å². The molecule has 0 unspecified atom stereocenters. The summed E-state index contributed by atoms with van der Waals surface area (Å²) >= 11 is 5.85. The van der Waals surface area contributed by atoms with Crippen molar-refractivity contribution in [1.82, 2.24) is 24.7 Å². The van der Waals surface area contributed by atoms with Gasteiger partial charge in [0.25, 0.3) is 0 Å². The zero-order valence-corrected chi connectivity index (χ0v) is 12.5. The topological polar surface area (TPSA) is 77.8 Å².